The molecule has 54 valence electrons. The third-order valence-corrected chi connectivity index (χ3v) is 0.883. The van der Waals surface area contributed by atoms with E-state index in [9.17, 15) is 4.39 Å². The largest absolute Gasteiger partial charge is 0.513 e. The van der Waals surface area contributed by atoms with Crippen molar-refractivity contribution < 1.29 is 9.50 Å². The van der Waals surface area contributed by atoms with E-state index in [1.165, 1.54) is 26.8 Å². The Morgan fingerprint density at radius 3 is 2.22 bits per heavy atom. The molecule has 0 fully saturated rings. The van der Waals surface area contributed by atoms with Gasteiger partial charge in [0.15, 0.2) is 0 Å². The Morgan fingerprint density at radius 2 is 2.11 bits per heavy atom. The van der Waals surface area contributed by atoms with Crippen molar-refractivity contribution in [3.05, 3.63) is 11.8 Å². The van der Waals surface area contributed by atoms with Crippen molar-refractivity contribution in [1.29, 1.82) is 0 Å². The van der Waals surface area contributed by atoms with Gasteiger partial charge in [0.1, 0.15) is 5.67 Å². The van der Waals surface area contributed by atoms with Gasteiger partial charge in [-0.2, -0.15) is 0 Å². The average molecular weight is 132 g/mol. The highest BCUT2D eigenvalue weighted by atomic mass is 19.1. The Morgan fingerprint density at radius 1 is 1.67 bits per heavy atom. The zero-order valence-electron chi connectivity index (χ0n) is 6.11. The molecule has 0 aromatic carbocycles. The fourth-order valence-corrected chi connectivity index (χ4v) is 0.390. The molecule has 2 heteroatoms. The molecule has 0 amide bonds. The zero-order valence-corrected chi connectivity index (χ0v) is 6.11. The first-order chi connectivity index (χ1) is 3.92. The van der Waals surface area contributed by atoms with E-state index in [0.717, 1.165) is 0 Å². The number of rotatable bonds is 2. The quantitative estimate of drug-likeness (QED) is 0.572. The normalized spacial score (nSPS) is 14.0. The van der Waals surface area contributed by atoms with Gasteiger partial charge in [-0.25, -0.2) is 4.39 Å². The lowest BCUT2D eigenvalue weighted by atomic mass is 10.1. The number of aliphatic hydroxyl groups excluding tert-OH is 1. The molecular formula is C7H13FO. The Kier molecular flexibility index (Phi) is 2.68. The van der Waals surface area contributed by atoms with Crippen LogP contribution in [-0.2, 0) is 0 Å². The third kappa shape index (κ3) is 7.47. The minimum Gasteiger partial charge on any atom is -0.513 e. The fraction of sp³-hybridized carbons (Fsp3) is 0.714. The average Bonchev–Trinajstić information content (AvgIpc) is 1.59. The fourth-order valence-electron chi connectivity index (χ4n) is 0.390. The second-order valence-corrected chi connectivity index (χ2v) is 2.77. The second kappa shape index (κ2) is 2.85. The maximum atomic E-state index is 12.6. The summed E-state index contributed by atoms with van der Waals surface area (Å²) >= 11 is 0. The Bertz CT molecular complexity index is 107. The molecule has 0 rings (SSSR count). The lowest BCUT2D eigenvalue weighted by Gasteiger charge is -2.09. The van der Waals surface area contributed by atoms with Gasteiger partial charge >= 0.3 is 0 Å². The summed E-state index contributed by atoms with van der Waals surface area (Å²) in [5.74, 6) is 0.181. The van der Waals surface area contributed by atoms with Crippen molar-refractivity contribution in [1.82, 2.24) is 0 Å². The predicted molar refractivity (Wildman–Crippen MR) is 36.2 cm³/mol. The van der Waals surface area contributed by atoms with E-state index in [0.29, 0.717) is 0 Å². The minimum absolute atomic E-state index is 0.181. The molecule has 0 aliphatic rings. The smallest absolute Gasteiger partial charge is 0.109 e. The van der Waals surface area contributed by atoms with E-state index < -0.39 is 5.67 Å². The van der Waals surface area contributed by atoms with Crippen LogP contribution in [0.25, 0.3) is 0 Å². The summed E-state index contributed by atoms with van der Waals surface area (Å²) in [6.45, 7) is 4.49. The number of allylic oxidation sites excluding steroid dienone is 2. The Labute approximate surface area is 55.2 Å². The first kappa shape index (κ1) is 8.47. The Balaban J connectivity index is 3.64. The van der Waals surface area contributed by atoms with Crippen LogP contribution in [0.4, 0.5) is 4.39 Å². The van der Waals surface area contributed by atoms with Crippen LogP contribution in [0.3, 0.4) is 0 Å². The van der Waals surface area contributed by atoms with Gasteiger partial charge in [0.2, 0.25) is 0 Å². The molecule has 0 aliphatic heterocycles. The van der Waals surface area contributed by atoms with Gasteiger partial charge in [-0.15, -0.1) is 0 Å². The summed E-state index contributed by atoms with van der Waals surface area (Å²) in [6, 6.07) is 0. The highest BCUT2D eigenvalue weighted by Gasteiger charge is 2.12. The second-order valence-electron chi connectivity index (χ2n) is 2.77. The molecule has 0 heterocycles. The van der Waals surface area contributed by atoms with Crippen molar-refractivity contribution in [3.63, 3.8) is 0 Å². The van der Waals surface area contributed by atoms with Gasteiger partial charge in [0.25, 0.3) is 0 Å². The Hall–Kier alpha value is -0.530. The van der Waals surface area contributed by atoms with Crippen molar-refractivity contribution in [3.8, 4) is 0 Å². The molecule has 0 aliphatic carbocycles. The van der Waals surface area contributed by atoms with Crippen LogP contribution in [0.2, 0.25) is 0 Å². The summed E-state index contributed by atoms with van der Waals surface area (Å²) in [5, 5.41) is 8.61. The summed E-state index contributed by atoms with van der Waals surface area (Å²) in [4.78, 5) is 0. The van der Waals surface area contributed by atoms with Gasteiger partial charge in [-0.1, -0.05) is 0 Å². The van der Waals surface area contributed by atoms with Crippen LogP contribution >= 0.6 is 0 Å². The molecule has 0 aromatic heterocycles. The number of hydrogen-bond donors (Lipinski definition) is 1. The van der Waals surface area contributed by atoms with E-state index >= 15 is 0 Å². The standard InChI is InChI=1S/C7H13FO/c1-6(9)4-5-7(2,3)8/h4,9H,5H2,1-3H3/b6-4+. The highest BCUT2D eigenvalue weighted by molar-refractivity contribution is 4.90. The van der Waals surface area contributed by atoms with Crippen LogP contribution in [0.15, 0.2) is 11.8 Å². The molecular weight excluding hydrogens is 119 g/mol. The molecule has 0 spiro atoms. The molecule has 0 radical (unpaired) electrons. The van der Waals surface area contributed by atoms with Gasteiger partial charge in [0, 0.05) is 6.42 Å². The highest BCUT2D eigenvalue weighted by Crippen LogP contribution is 2.14. The topological polar surface area (TPSA) is 20.2 Å². The molecule has 0 bridgehead atoms. The van der Waals surface area contributed by atoms with Gasteiger partial charge in [-0.05, 0) is 26.8 Å². The summed E-state index contributed by atoms with van der Waals surface area (Å²) in [5.41, 5.74) is -1.20. The summed E-state index contributed by atoms with van der Waals surface area (Å²) in [6.07, 6.45) is 1.75. The van der Waals surface area contributed by atoms with Crippen molar-refractivity contribution in [2.45, 2.75) is 32.9 Å². The first-order valence-corrected chi connectivity index (χ1v) is 2.96. The number of alkyl halides is 1. The van der Waals surface area contributed by atoms with Crippen LogP contribution in [0.5, 0.6) is 0 Å². The van der Waals surface area contributed by atoms with Crippen LogP contribution in [0.1, 0.15) is 27.2 Å². The summed E-state index contributed by atoms with van der Waals surface area (Å²) in [7, 11) is 0. The molecule has 0 unspecified atom stereocenters. The maximum Gasteiger partial charge on any atom is 0.109 e. The molecule has 9 heavy (non-hydrogen) atoms. The number of halogens is 1. The van der Waals surface area contributed by atoms with Crippen LogP contribution in [0, 0.1) is 0 Å². The van der Waals surface area contributed by atoms with Gasteiger partial charge < -0.3 is 5.11 Å². The van der Waals surface area contributed by atoms with Crippen molar-refractivity contribution >= 4 is 0 Å². The van der Waals surface area contributed by atoms with E-state index in [2.05, 4.69) is 0 Å². The molecule has 1 nitrogen and oxygen atoms in total. The zero-order chi connectivity index (χ0) is 7.49. The molecule has 0 atom stereocenters. The minimum atomic E-state index is -1.20. The maximum absolute atomic E-state index is 12.6. The predicted octanol–water partition coefficient (Wildman–Crippen LogP) is 2.59. The monoisotopic (exact) mass is 132 g/mol. The third-order valence-electron chi connectivity index (χ3n) is 0.883. The van der Waals surface area contributed by atoms with E-state index in [1.807, 2.05) is 0 Å². The lowest BCUT2D eigenvalue weighted by molar-refractivity contribution is 0.219. The van der Waals surface area contributed by atoms with Crippen LogP contribution in [-0.4, -0.2) is 10.8 Å². The lowest BCUT2D eigenvalue weighted by Crippen LogP contribution is -2.09. The molecule has 1 N–H and O–H groups in total. The van der Waals surface area contributed by atoms with Crippen LogP contribution < -0.4 is 0 Å². The van der Waals surface area contributed by atoms with Gasteiger partial charge in [0.05, 0.1) is 5.76 Å². The van der Waals surface area contributed by atoms with Crippen molar-refractivity contribution in [2.24, 2.45) is 0 Å². The van der Waals surface area contributed by atoms with E-state index in [4.69, 9.17) is 5.11 Å². The molecule has 0 aromatic rings. The number of hydrogen-bond acceptors (Lipinski definition) is 1. The first-order valence-electron chi connectivity index (χ1n) is 2.96. The van der Waals surface area contributed by atoms with Gasteiger partial charge in [-0.3, -0.25) is 0 Å². The van der Waals surface area contributed by atoms with Crippen molar-refractivity contribution in [2.75, 3.05) is 0 Å². The molecule has 0 saturated carbocycles. The SMILES string of the molecule is C/C(O)=C\CC(C)(C)F. The summed E-state index contributed by atoms with van der Waals surface area (Å²) < 4.78 is 12.6. The number of aliphatic hydroxyl groups is 1. The van der Waals surface area contributed by atoms with E-state index in [-0.39, 0.29) is 12.2 Å². The molecule has 0 saturated heterocycles. The van der Waals surface area contributed by atoms with E-state index in [1.54, 1.807) is 0 Å².